The largest absolute Gasteiger partial charge is 0.459 e. The topological polar surface area (TPSA) is 25.2 Å². The average molecular weight is 322 g/mol. The smallest absolute Gasteiger partial charge is 0.134 e. The molecule has 2 atom stereocenters. The summed E-state index contributed by atoms with van der Waals surface area (Å²) in [6, 6.07) is 9.10. The van der Waals surface area contributed by atoms with Gasteiger partial charge in [0.2, 0.25) is 0 Å². The van der Waals surface area contributed by atoms with Crippen LogP contribution in [0.3, 0.4) is 0 Å². The summed E-state index contributed by atoms with van der Waals surface area (Å²) in [7, 11) is 0. The van der Waals surface area contributed by atoms with Gasteiger partial charge in [-0.15, -0.1) is 0 Å². The zero-order valence-corrected chi connectivity index (χ0v) is 13.0. The monoisotopic (exact) mass is 321 g/mol. The van der Waals surface area contributed by atoms with Gasteiger partial charge in [0.05, 0.1) is 6.04 Å². The van der Waals surface area contributed by atoms with Crippen LogP contribution in [0.2, 0.25) is 0 Å². The van der Waals surface area contributed by atoms with Gasteiger partial charge in [-0.2, -0.15) is 0 Å². The molecule has 0 radical (unpaired) electrons. The Balaban J connectivity index is 1.71. The highest BCUT2D eigenvalue weighted by Gasteiger charge is 2.24. The minimum absolute atomic E-state index is 0.264. The fourth-order valence-electron chi connectivity index (χ4n) is 2.68. The highest BCUT2D eigenvalue weighted by molar-refractivity contribution is 9.10. The Morgan fingerprint density at radius 3 is 2.84 bits per heavy atom. The Labute approximate surface area is 122 Å². The molecule has 19 heavy (non-hydrogen) atoms. The maximum absolute atomic E-state index is 5.92. The molecule has 2 unspecified atom stereocenters. The maximum atomic E-state index is 5.92. The first-order chi connectivity index (χ1) is 9.11. The molecule has 1 heterocycles. The summed E-state index contributed by atoms with van der Waals surface area (Å²) in [5.41, 5.74) is 0.960. The van der Waals surface area contributed by atoms with Gasteiger partial charge in [0.25, 0.3) is 0 Å². The summed E-state index contributed by atoms with van der Waals surface area (Å²) in [5, 5.41) is 4.80. The molecule has 3 rings (SSSR count). The number of halogens is 1. The normalized spacial score (nSPS) is 18.7. The van der Waals surface area contributed by atoms with Crippen molar-refractivity contribution in [2.45, 2.75) is 45.2 Å². The van der Waals surface area contributed by atoms with E-state index in [2.05, 4.69) is 47.2 Å². The molecule has 0 saturated heterocycles. The van der Waals surface area contributed by atoms with Crippen molar-refractivity contribution in [3.63, 3.8) is 0 Å². The van der Waals surface area contributed by atoms with Crippen molar-refractivity contribution < 1.29 is 4.42 Å². The molecule has 0 aliphatic heterocycles. The average Bonchev–Trinajstić information content (AvgIpc) is 3.05. The second-order valence-electron chi connectivity index (χ2n) is 5.80. The minimum Gasteiger partial charge on any atom is -0.459 e. The van der Waals surface area contributed by atoms with E-state index in [9.17, 15) is 0 Å². The summed E-state index contributed by atoms with van der Waals surface area (Å²) in [4.78, 5) is 0. The SMILES string of the molecule is CC(CC1CC1)NC(C)c1cc2cc(Br)ccc2o1. The van der Waals surface area contributed by atoms with Crippen LogP contribution in [0.4, 0.5) is 0 Å². The molecule has 0 spiro atoms. The van der Waals surface area contributed by atoms with Crippen LogP contribution in [0.5, 0.6) is 0 Å². The van der Waals surface area contributed by atoms with Gasteiger partial charge in [-0.3, -0.25) is 0 Å². The van der Waals surface area contributed by atoms with Crippen LogP contribution in [0, 0.1) is 5.92 Å². The molecule has 1 fully saturated rings. The van der Waals surface area contributed by atoms with Crippen LogP contribution >= 0.6 is 15.9 Å². The van der Waals surface area contributed by atoms with Gasteiger partial charge >= 0.3 is 0 Å². The summed E-state index contributed by atoms with van der Waals surface area (Å²) < 4.78 is 7.02. The third kappa shape index (κ3) is 3.21. The molecule has 1 aliphatic carbocycles. The predicted octanol–water partition coefficient (Wildman–Crippen LogP) is 5.03. The summed E-state index contributed by atoms with van der Waals surface area (Å²) in [5.74, 6) is 1.98. The zero-order valence-electron chi connectivity index (χ0n) is 11.4. The molecule has 1 N–H and O–H groups in total. The number of benzene rings is 1. The van der Waals surface area contributed by atoms with Crippen LogP contribution < -0.4 is 5.32 Å². The van der Waals surface area contributed by atoms with Crippen molar-refractivity contribution in [1.82, 2.24) is 5.32 Å². The van der Waals surface area contributed by atoms with Gasteiger partial charge in [0.15, 0.2) is 0 Å². The van der Waals surface area contributed by atoms with Gasteiger partial charge in [0, 0.05) is 15.9 Å². The number of furan rings is 1. The van der Waals surface area contributed by atoms with E-state index in [1.54, 1.807) is 0 Å². The molecule has 1 aliphatic rings. The van der Waals surface area contributed by atoms with Crippen LogP contribution in [0.1, 0.15) is 44.9 Å². The highest BCUT2D eigenvalue weighted by atomic mass is 79.9. The fourth-order valence-corrected chi connectivity index (χ4v) is 3.06. The van der Waals surface area contributed by atoms with E-state index < -0.39 is 0 Å². The molecular weight excluding hydrogens is 302 g/mol. The first-order valence-electron chi connectivity index (χ1n) is 7.07. The van der Waals surface area contributed by atoms with Gasteiger partial charge in [-0.25, -0.2) is 0 Å². The lowest BCUT2D eigenvalue weighted by atomic mass is 10.1. The second kappa shape index (κ2) is 5.29. The lowest BCUT2D eigenvalue weighted by Gasteiger charge is -2.18. The lowest BCUT2D eigenvalue weighted by molar-refractivity contribution is 0.390. The molecular formula is C16H20BrNO. The summed E-state index contributed by atoms with van der Waals surface area (Å²) in [6.45, 7) is 4.45. The Morgan fingerprint density at radius 2 is 2.11 bits per heavy atom. The molecule has 1 aromatic carbocycles. The Hall–Kier alpha value is -0.800. The number of nitrogens with one attached hydrogen (secondary N) is 1. The standard InChI is InChI=1S/C16H20BrNO/c1-10(7-12-3-4-12)18-11(2)16-9-13-8-14(17)5-6-15(13)19-16/h5-6,8-12,18H,3-4,7H2,1-2H3. The fraction of sp³-hybridized carbons (Fsp3) is 0.500. The molecule has 1 aromatic heterocycles. The van der Waals surface area contributed by atoms with Crippen LogP contribution in [-0.2, 0) is 0 Å². The molecule has 2 aromatic rings. The quantitative estimate of drug-likeness (QED) is 0.835. The summed E-state index contributed by atoms with van der Waals surface area (Å²) in [6.07, 6.45) is 4.12. The first-order valence-corrected chi connectivity index (χ1v) is 7.86. The lowest BCUT2D eigenvalue weighted by Crippen LogP contribution is -2.29. The summed E-state index contributed by atoms with van der Waals surface area (Å²) >= 11 is 3.50. The van der Waals surface area contributed by atoms with E-state index in [1.165, 1.54) is 19.3 Å². The third-order valence-corrected chi connectivity index (χ3v) is 4.34. The van der Waals surface area contributed by atoms with Crippen molar-refractivity contribution >= 4 is 26.9 Å². The minimum atomic E-state index is 0.264. The van der Waals surface area contributed by atoms with Crippen LogP contribution in [0.15, 0.2) is 33.2 Å². The van der Waals surface area contributed by atoms with Gasteiger partial charge < -0.3 is 9.73 Å². The molecule has 0 bridgehead atoms. The molecule has 1 saturated carbocycles. The molecule has 0 amide bonds. The Morgan fingerprint density at radius 1 is 1.32 bits per heavy atom. The van der Waals surface area contributed by atoms with Gasteiger partial charge in [0.1, 0.15) is 11.3 Å². The Kier molecular flexibility index (Phi) is 3.68. The van der Waals surface area contributed by atoms with E-state index in [-0.39, 0.29) is 6.04 Å². The number of hydrogen-bond donors (Lipinski definition) is 1. The number of fused-ring (bicyclic) bond motifs is 1. The highest BCUT2D eigenvalue weighted by Crippen LogP contribution is 2.34. The van der Waals surface area contributed by atoms with Crippen LogP contribution in [-0.4, -0.2) is 6.04 Å². The molecule has 3 heteroatoms. The van der Waals surface area contributed by atoms with Crippen LogP contribution in [0.25, 0.3) is 11.0 Å². The molecule has 102 valence electrons. The van der Waals surface area contributed by atoms with Gasteiger partial charge in [-0.05, 0) is 50.5 Å². The van der Waals surface area contributed by atoms with Crippen molar-refractivity contribution in [2.24, 2.45) is 5.92 Å². The van der Waals surface area contributed by atoms with Crippen molar-refractivity contribution in [2.75, 3.05) is 0 Å². The maximum Gasteiger partial charge on any atom is 0.134 e. The van der Waals surface area contributed by atoms with E-state index in [4.69, 9.17) is 4.42 Å². The van der Waals surface area contributed by atoms with Crippen molar-refractivity contribution in [3.8, 4) is 0 Å². The molecule has 2 nitrogen and oxygen atoms in total. The van der Waals surface area contributed by atoms with E-state index in [0.29, 0.717) is 6.04 Å². The number of rotatable bonds is 5. The Bertz CT molecular complexity index is 573. The zero-order chi connectivity index (χ0) is 13.4. The van der Waals surface area contributed by atoms with Crippen molar-refractivity contribution in [3.05, 3.63) is 34.5 Å². The van der Waals surface area contributed by atoms with Crippen molar-refractivity contribution in [1.29, 1.82) is 0 Å². The van der Waals surface area contributed by atoms with E-state index in [1.807, 2.05) is 12.1 Å². The van der Waals surface area contributed by atoms with Gasteiger partial charge in [-0.1, -0.05) is 28.8 Å². The first kappa shape index (κ1) is 13.2. The van der Waals surface area contributed by atoms with E-state index >= 15 is 0 Å². The third-order valence-electron chi connectivity index (χ3n) is 3.84. The predicted molar refractivity (Wildman–Crippen MR) is 82.3 cm³/mol. The second-order valence-corrected chi connectivity index (χ2v) is 6.72. The number of hydrogen-bond acceptors (Lipinski definition) is 2. The van der Waals surface area contributed by atoms with E-state index in [0.717, 1.165) is 27.1 Å².